The highest BCUT2D eigenvalue weighted by atomic mass is 32.1. The fourth-order valence-electron chi connectivity index (χ4n) is 3.40. The number of thiazole rings is 1. The monoisotopic (exact) mass is 421 g/mol. The van der Waals surface area contributed by atoms with Crippen molar-refractivity contribution >= 4 is 17.3 Å². The van der Waals surface area contributed by atoms with Gasteiger partial charge in [-0.3, -0.25) is 0 Å². The SMILES string of the molecule is Cc1noc(C)c1CCNc1ncc(-c2ccc3c(c2)OCO3)c(-c2nccs2)n1. The summed E-state index contributed by atoms with van der Waals surface area (Å²) < 4.78 is 16.2. The Kier molecular flexibility index (Phi) is 4.80. The molecule has 0 saturated heterocycles. The molecule has 0 atom stereocenters. The van der Waals surface area contributed by atoms with Crippen LogP contribution in [0.1, 0.15) is 17.0 Å². The Hall–Kier alpha value is -3.46. The average Bonchev–Trinajstić information content (AvgIpc) is 3.51. The van der Waals surface area contributed by atoms with E-state index in [4.69, 9.17) is 19.0 Å². The lowest BCUT2D eigenvalue weighted by molar-refractivity contribution is 0.174. The quantitative estimate of drug-likeness (QED) is 0.494. The van der Waals surface area contributed by atoms with Gasteiger partial charge in [0.05, 0.1) is 5.69 Å². The van der Waals surface area contributed by atoms with Crippen molar-refractivity contribution in [2.45, 2.75) is 20.3 Å². The van der Waals surface area contributed by atoms with Crippen LogP contribution in [0.4, 0.5) is 5.95 Å². The summed E-state index contributed by atoms with van der Waals surface area (Å²) in [6.45, 7) is 4.78. The predicted molar refractivity (Wildman–Crippen MR) is 113 cm³/mol. The van der Waals surface area contributed by atoms with E-state index in [0.717, 1.165) is 56.8 Å². The smallest absolute Gasteiger partial charge is 0.231 e. The van der Waals surface area contributed by atoms with Crippen molar-refractivity contribution in [3.05, 3.63) is 53.0 Å². The third kappa shape index (κ3) is 3.48. The molecule has 1 aliphatic rings. The molecule has 0 unspecified atom stereocenters. The Bertz CT molecular complexity index is 1170. The van der Waals surface area contributed by atoms with Gasteiger partial charge in [-0.15, -0.1) is 11.3 Å². The molecular formula is C21H19N5O3S. The topological polar surface area (TPSA) is 95.2 Å². The molecule has 1 aliphatic heterocycles. The second-order valence-corrected chi connectivity index (χ2v) is 7.74. The maximum Gasteiger partial charge on any atom is 0.231 e. The van der Waals surface area contributed by atoms with Crippen LogP contribution in [0.5, 0.6) is 11.5 Å². The van der Waals surface area contributed by atoms with Crippen molar-refractivity contribution in [3.8, 4) is 33.3 Å². The van der Waals surface area contributed by atoms with Gasteiger partial charge in [0.1, 0.15) is 16.5 Å². The Balaban J connectivity index is 1.43. The standard InChI is InChI=1S/C21H19N5O3S/c1-12-15(13(2)29-26-12)5-6-23-21-24-10-16(19(25-21)20-22-7-8-30-20)14-3-4-17-18(9-14)28-11-27-17/h3-4,7-10H,5-6,11H2,1-2H3,(H,23,24,25). The van der Waals surface area contributed by atoms with E-state index in [-0.39, 0.29) is 6.79 Å². The number of fused-ring (bicyclic) bond motifs is 1. The summed E-state index contributed by atoms with van der Waals surface area (Å²) >= 11 is 1.54. The van der Waals surface area contributed by atoms with Gasteiger partial charge in [-0.1, -0.05) is 11.2 Å². The first-order valence-electron chi connectivity index (χ1n) is 9.51. The molecule has 30 heavy (non-hydrogen) atoms. The van der Waals surface area contributed by atoms with E-state index in [1.165, 1.54) is 11.3 Å². The van der Waals surface area contributed by atoms with Gasteiger partial charge in [0.25, 0.3) is 0 Å². The molecule has 4 heterocycles. The van der Waals surface area contributed by atoms with Crippen molar-refractivity contribution < 1.29 is 14.0 Å². The van der Waals surface area contributed by atoms with Gasteiger partial charge in [0, 0.05) is 35.4 Å². The van der Waals surface area contributed by atoms with Crippen molar-refractivity contribution in [2.24, 2.45) is 0 Å². The Labute approximate surface area is 176 Å². The molecule has 0 amide bonds. The predicted octanol–water partition coefficient (Wildman–Crippen LogP) is 4.26. The van der Waals surface area contributed by atoms with Gasteiger partial charge in [0.15, 0.2) is 11.5 Å². The molecule has 1 N–H and O–H groups in total. The maximum absolute atomic E-state index is 5.52. The second-order valence-electron chi connectivity index (χ2n) is 6.84. The summed E-state index contributed by atoms with van der Waals surface area (Å²) in [7, 11) is 0. The van der Waals surface area contributed by atoms with Crippen LogP contribution in [-0.2, 0) is 6.42 Å². The highest BCUT2D eigenvalue weighted by Crippen LogP contribution is 2.38. The van der Waals surface area contributed by atoms with E-state index >= 15 is 0 Å². The Morgan fingerprint density at radius 3 is 2.83 bits per heavy atom. The first kappa shape index (κ1) is 18.6. The van der Waals surface area contributed by atoms with Gasteiger partial charge in [-0.25, -0.2) is 15.0 Å². The molecule has 4 aromatic rings. The molecule has 3 aromatic heterocycles. The van der Waals surface area contributed by atoms with Crippen LogP contribution in [0, 0.1) is 13.8 Å². The van der Waals surface area contributed by atoms with Gasteiger partial charge in [0.2, 0.25) is 12.7 Å². The maximum atomic E-state index is 5.52. The van der Waals surface area contributed by atoms with Crippen LogP contribution in [0.3, 0.4) is 0 Å². The minimum atomic E-state index is 0.239. The van der Waals surface area contributed by atoms with E-state index in [1.54, 1.807) is 6.20 Å². The molecule has 5 rings (SSSR count). The number of rotatable bonds is 6. The average molecular weight is 421 g/mol. The number of nitrogens with zero attached hydrogens (tertiary/aromatic N) is 4. The molecule has 0 bridgehead atoms. The molecule has 0 spiro atoms. The summed E-state index contributed by atoms with van der Waals surface area (Å²) in [6.07, 6.45) is 4.37. The number of aryl methyl sites for hydroxylation is 2. The molecule has 9 heteroatoms. The molecule has 0 aliphatic carbocycles. The van der Waals surface area contributed by atoms with E-state index < -0.39 is 0 Å². The Morgan fingerprint density at radius 2 is 2.03 bits per heavy atom. The number of anilines is 1. The van der Waals surface area contributed by atoms with Crippen LogP contribution in [-0.4, -0.2) is 33.4 Å². The lowest BCUT2D eigenvalue weighted by Crippen LogP contribution is -2.09. The van der Waals surface area contributed by atoms with E-state index in [2.05, 4.69) is 20.4 Å². The minimum absolute atomic E-state index is 0.239. The summed E-state index contributed by atoms with van der Waals surface area (Å²) in [5.74, 6) is 2.86. The van der Waals surface area contributed by atoms with Crippen LogP contribution in [0.2, 0.25) is 0 Å². The van der Waals surface area contributed by atoms with Gasteiger partial charge in [-0.05, 0) is 38.0 Å². The van der Waals surface area contributed by atoms with Crippen molar-refractivity contribution in [3.63, 3.8) is 0 Å². The number of hydrogen-bond donors (Lipinski definition) is 1. The zero-order valence-electron chi connectivity index (χ0n) is 16.5. The zero-order chi connectivity index (χ0) is 20.5. The summed E-state index contributed by atoms with van der Waals surface area (Å²) in [5, 5.41) is 10.1. The second kappa shape index (κ2) is 7.75. The first-order chi connectivity index (χ1) is 14.7. The number of nitrogens with one attached hydrogen (secondary N) is 1. The summed E-state index contributed by atoms with van der Waals surface area (Å²) in [4.78, 5) is 13.7. The van der Waals surface area contributed by atoms with Gasteiger partial charge < -0.3 is 19.3 Å². The molecule has 0 saturated carbocycles. The van der Waals surface area contributed by atoms with E-state index in [0.29, 0.717) is 12.5 Å². The fourth-order valence-corrected chi connectivity index (χ4v) is 4.04. The zero-order valence-corrected chi connectivity index (χ0v) is 17.3. The van der Waals surface area contributed by atoms with Crippen LogP contribution < -0.4 is 14.8 Å². The molecule has 0 radical (unpaired) electrons. The minimum Gasteiger partial charge on any atom is -0.454 e. The lowest BCUT2D eigenvalue weighted by Gasteiger charge is -2.11. The Morgan fingerprint density at radius 1 is 1.13 bits per heavy atom. The summed E-state index contributed by atoms with van der Waals surface area (Å²) in [5.41, 5.74) is 4.64. The van der Waals surface area contributed by atoms with Crippen molar-refractivity contribution in [2.75, 3.05) is 18.7 Å². The normalized spacial score (nSPS) is 12.3. The number of benzene rings is 1. The van der Waals surface area contributed by atoms with Crippen LogP contribution in [0.25, 0.3) is 21.8 Å². The lowest BCUT2D eigenvalue weighted by atomic mass is 10.1. The van der Waals surface area contributed by atoms with Crippen LogP contribution >= 0.6 is 11.3 Å². The molecule has 8 nitrogen and oxygen atoms in total. The fraction of sp³-hybridized carbons (Fsp3) is 0.238. The first-order valence-corrected chi connectivity index (χ1v) is 10.4. The third-order valence-electron chi connectivity index (χ3n) is 4.95. The van der Waals surface area contributed by atoms with Gasteiger partial charge >= 0.3 is 0 Å². The molecule has 152 valence electrons. The van der Waals surface area contributed by atoms with Crippen LogP contribution in [0.15, 0.2) is 40.5 Å². The highest BCUT2D eigenvalue weighted by molar-refractivity contribution is 7.13. The highest BCUT2D eigenvalue weighted by Gasteiger charge is 2.18. The molecule has 1 aromatic carbocycles. The molecular weight excluding hydrogens is 402 g/mol. The summed E-state index contributed by atoms with van der Waals surface area (Å²) in [6, 6.07) is 5.83. The largest absolute Gasteiger partial charge is 0.454 e. The van der Waals surface area contributed by atoms with E-state index in [1.807, 2.05) is 43.6 Å². The number of aromatic nitrogens is 4. The number of ether oxygens (including phenoxy) is 2. The van der Waals surface area contributed by atoms with Gasteiger partial charge in [-0.2, -0.15) is 0 Å². The van der Waals surface area contributed by atoms with Crippen molar-refractivity contribution in [1.29, 1.82) is 0 Å². The molecule has 0 fully saturated rings. The third-order valence-corrected chi connectivity index (χ3v) is 5.73. The van der Waals surface area contributed by atoms with E-state index in [9.17, 15) is 0 Å². The number of hydrogen-bond acceptors (Lipinski definition) is 9. The van der Waals surface area contributed by atoms with Crippen molar-refractivity contribution in [1.82, 2.24) is 20.1 Å².